The van der Waals surface area contributed by atoms with E-state index in [0.29, 0.717) is 17.2 Å². The van der Waals surface area contributed by atoms with E-state index < -0.39 is 0 Å². The van der Waals surface area contributed by atoms with E-state index in [2.05, 4.69) is 5.32 Å². The minimum absolute atomic E-state index is 0.151. The molecule has 13 heavy (non-hydrogen) atoms. The minimum Gasteiger partial charge on any atom is -0.460 e. The number of benzene rings is 1. The summed E-state index contributed by atoms with van der Waals surface area (Å²) in [6.07, 6.45) is 1.43. The van der Waals surface area contributed by atoms with Gasteiger partial charge in [0.2, 0.25) is 0 Å². The fourth-order valence-electron chi connectivity index (χ4n) is 1.22. The second-order valence-corrected chi connectivity index (χ2v) is 2.84. The molecule has 3 heteroatoms. The van der Waals surface area contributed by atoms with Crippen LogP contribution in [0.1, 0.15) is 6.92 Å². The van der Waals surface area contributed by atoms with Gasteiger partial charge >= 0.3 is 0 Å². The maximum absolute atomic E-state index is 11.2. The van der Waals surface area contributed by atoms with Crippen molar-refractivity contribution in [2.45, 2.75) is 6.92 Å². The van der Waals surface area contributed by atoms with Gasteiger partial charge in [-0.3, -0.25) is 4.79 Å². The Bertz CT molecular complexity index is 382. The van der Waals surface area contributed by atoms with Crippen LogP contribution in [0.4, 0.5) is 5.69 Å². The molecule has 0 saturated heterocycles. The molecule has 0 aliphatic carbocycles. The average molecular weight is 175 g/mol. The predicted molar refractivity (Wildman–Crippen MR) is 49.5 cm³/mol. The molecule has 1 aromatic carbocycles. The summed E-state index contributed by atoms with van der Waals surface area (Å²) in [6.45, 7) is 1.75. The Kier molecular flexibility index (Phi) is 1.77. The molecule has 1 aromatic rings. The number of rotatable bonds is 0. The molecule has 1 N–H and O–H groups in total. The van der Waals surface area contributed by atoms with E-state index in [4.69, 9.17) is 4.74 Å². The average Bonchev–Trinajstić information content (AvgIpc) is 2.20. The number of amides is 1. The first-order valence-corrected chi connectivity index (χ1v) is 4.02. The summed E-state index contributed by atoms with van der Waals surface area (Å²) in [6, 6.07) is 7.34. The number of ether oxygens (including phenoxy) is 1. The van der Waals surface area contributed by atoms with Gasteiger partial charge in [-0.1, -0.05) is 12.1 Å². The molecule has 0 radical (unpaired) electrons. The van der Waals surface area contributed by atoms with E-state index in [1.54, 1.807) is 13.0 Å². The van der Waals surface area contributed by atoms with Crippen molar-refractivity contribution in [3.05, 3.63) is 36.1 Å². The first-order chi connectivity index (χ1) is 6.25. The van der Waals surface area contributed by atoms with E-state index in [0.717, 1.165) is 0 Å². The third-order valence-corrected chi connectivity index (χ3v) is 1.75. The number of hydrogen-bond donors (Lipinski definition) is 1. The van der Waals surface area contributed by atoms with Crippen molar-refractivity contribution in [1.82, 2.24) is 0 Å². The highest BCUT2D eigenvalue weighted by Crippen LogP contribution is 2.27. The lowest BCUT2D eigenvalue weighted by Gasteiger charge is -2.06. The molecular formula is C10H9NO2. The Morgan fingerprint density at radius 1 is 1.31 bits per heavy atom. The smallest absolute Gasteiger partial charge is 0.251 e. The molecule has 0 bridgehead atoms. The Hall–Kier alpha value is -1.77. The number of carbonyl (C=O) groups is 1. The van der Waals surface area contributed by atoms with Crippen LogP contribution in [0.2, 0.25) is 0 Å². The van der Waals surface area contributed by atoms with Gasteiger partial charge in [-0.25, -0.2) is 0 Å². The van der Waals surface area contributed by atoms with Gasteiger partial charge in [-0.15, -0.1) is 0 Å². The van der Waals surface area contributed by atoms with Gasteiger partial charge in [0, 0.05) is 6.08 Å². The lowest BCUT2D eigenvalue weighted by Crippen LogP contribution is -2.06. The van der Waals surface area contributed by atoms with Crippen LogP contribution in [0.3, 0.4) is 0 Å². The number of allylic oxidation sites excluding steroid dienone is 1. The van der Waals surface area contributed by atoms with E-state index in [-0.39, 0.29) is 5.91 Å². The van der Waals surface area contributed by atoms with Crippen molar-refractivity contribution in [3.63, 3.8) is 0 Å². The number of fused-ring (bicyclic) bond motifs is 1. The van der Waals surface area contributed by atoms with Crippen molar-refractivity contribution in [1.29, 1.82) is 0 Å². The zero-order chi connectivity index (χ0) is 9.26. The summed E-state index contributed by atoms with van der Waals surface area (Å²) >= 11 is 0. The second-order valence-electron chi connectivity index (χ2n) is 2.84. The van der Waals surface area contributed by atoms with Crippen LogP contribution in [0.5, 0.6) is 5.75 Å². The van der Waals surface area contributed by atoms with Crippen molar-refractivity contribution in [2.24, 2.45) is 0 Å². The van der Waals surface area contributed by atoms with Gasteiger partial charge in [0.05, 0.1) is 5.69 Å². The minimum atomic E-state index is -0.151. The van der Waals surface area contributed by atoms with E-state index in [1.807, 2.05) is 18.2 Å². The van der Waals surface area contributed by atoms with Crippen molar-refractivity contribution < 1.29 is 9.53 Å². The zero-order valence-corrected chi connectivity index (χ0v) is 7.20. The van der Waals surface area contributed by atoms with E-state index in [1.165, 1.54) is 6.08 Å². The fourth-order valence-corrected chi connectivity index (χ4v) is 1.22. The van der Waals surface area contributed by atoms with Crippen LogP contribution in [-0.2, 0) is 4.79 Å². The summed E-state index contributed by atoms with van der Waals surface area (Å²) in [5.74, 6) is 1.13. The standard InChI is InChI=1S/C10H9NO2/c1-7-6-10(12)11-8-4-2-3-5-9(8)13-7/h2-6H,1H3,(H,11,12). The Morgan fingerprint density at radius 2 is 2.08 bits per heavy atom. The number of anilines is 1. The van der Waals surface area contributed by atoms with Crippen LogP contribution >= 0.6 is 0 Å². The fraction of sp³-hybridized carbons (Fsp3) is 0.100. The molecule has 1 aliphatic heterocycles. The van der Waals surface area contributed by atoms with Gasteiger partial charge in [0.25, 0.3) is 5.91 Å². The monoisotopic (exact) mass is 175 g/mol. The SMILES string of the molecule is CC1=CC(=O)Nc2ccccc2O1. The highest BCUT2D eigenvalue weighted by molar-refractivity contribution is 6.01. The lowest BCUT2D eigenvalue weighted by atomic mass is 10.3. The van der Waals surface area contributed by atoms with Crippen LogP contribution in [0, 0.1) is 0 Å². The van der Waals surface area contributed by atoms with Crippen LogP contribution in [0.25, 0.3) is 0 Å². The van der Waals surface area contributed by atoms with Crippen LogP contribution in [0.15, 0.2) is 36.1 Å². The van der Waals surface area contributed by atoms with Gasteiger partial charge < -0.3 is 10.1 Å². The highest BCUT2D eigenvalue weighted by Gasteiger charge is 2.11. The zero-order valence-electron chi connectivity index (χ0n) is 7.20. The molecule has 0 spiro atoms. The summed E-state index contributed by atoms with van der Waals surface area (Å²) < 4.78 is 5.40. The molecule has 0 unspecified atom stereocenters. The van der Waals surface area contributed by atoms with Gasteiger partial charge in [-0.2, -0.15) is 0 Å². The van der Waals surface area contributed by atoms with Gasteiger partial charge in [-0.05, 0) is 19.1 Å². The summed E-state index contributed by atoms with van der Waals surface area (Å²) in [5, 5.41) is 2.71. The molecule has 0 saturated carbocycles. The van der Waals surface area contributed by atoms with Crippen molar-refractivity contribution in [2.75, 3.05) is 5.32 Å². The Morgan fingerprint density at radius 3 is 2.92 bits per heavy atom. The molecular weight excluding hydrogens is 166 g/mol. The normalized spacial score (nSPS) is 14.8. The summed E-state index contributed by atoms with van der Waals surface area (Å²) in [5.41, 5.74) is 0.709. The molecule has 3 nitrogen and oxygen atoms in total. The first kappa shape index (κ1) is 7.86. The molecule has 1 heterocycles. The molecule has 1 aliphatic rings. The van der Waals surface area contributed by atoms with Crippen LogP contribution < -0.4 is 10.1 Å². The predicted octanol–water partition coefficient (Wildman–Crippen LogP) is 1.92. The molecule has 1 amide bonds. The quantitative estimate of drug-likeness (QED) is 0.654. The van der Waals surface area contributed by atoms with E-state index in [9.17, 15) is 4.79 Å². The maximum Gasteiger partial charge on any atom is 0.251 e. The number of nitrogens with one attached hydrogen (secondary N) is 1. The summed E-state index contributed by atoms with van der Waals surface area (Å²) in [4.78, 5) is 11.2. The maximum atomic E-state index is 11.2. The topological polar surface area (TPSA) is 38.3 Å². The highest BCUT2D eigenvalue weighted by atomic mass is 16.5. The Balaban J connectivity index is 2.46. The third-order valence-electron chi connectivity index (χ3n) is 1.75. The molecule has 66 valence electrons. The molecule has 0 fully saturated rings. The second kappa shape index (κ2) is 2.94. The molecule has 2 rings (SSSR count). The van der Waals surface area contributed by atoms with Gasteiger partial charge in [0.1, 0.15) is 11.5 Å². The molecule has 0 aromatic heterocycles. The van der Waals surface area contributed by atoms with Crippen molar-refractivity contribution >= 4 is 11.6 Å². The largest absolute Gasteiger partial charge is 0.460 e. The first-order valence-electron chi connectivity index (χ1n) is 4.02. The third kappa shape index (κ3) is 1.54. The van der Waals surface area contributed by atoms with Crippen molar-refractivity contribution in [3.8, 4) is 5.75 Å². The number of carbonyl (C=O) groups excluding carboxylic acids is 1. The van der Waals surface area contributed by atoms with E-state index >= 15 is 0 Å². The Labute approximate surface area is 76.0 Å². The lowest BCUT2D eigenvalue weighted by molar-refractivity contribution is -0.112. The number of hydrogen-bond acceptors (Lipinski definition) is 2. The van der Waals surface area contributed by atoms with Gasteiger partial charge in [0.15, 0.2) is 0 Å². The molecule has 0 atom stereocenters. The van der Waals surface area contributed by atoms with Crippen LogP contribution in [-0.4, -0.2) is 5.91 Å². The summed E-state index contributed by atoms with van der Waals surface area (Å²) in [7, 11) is 0. The number of para-hydroxylation sites is 2.